The SMILES string of the molecule is COC(=O)CCC(=O)[C@H](Cl)C(=O)OC. The Bertz CT molecular complexity index is 238. The van der Waals surface area contributed by atoms with E-state index in [2.05, 4.69) is 9.47 Å². The van der Waals surface area contributed by atoms with Crippen molar-refractivity contribution in [2.75, 3.05) is 14.2 Å². The third-order valence-corrected chi connectivity index (χ3v) is 1.92. The smallest absolute Gasteiger partial charge is 0.331 e. The summed E-state index contributed by atoms with van der Waals surface area (Å²) < 4.78 is 8.58. The van der Waals surface area contributed by atoms with E-state index >= 15 is 0 Å². The molecule has 5 nitrogen and oxygen atoms in total. The third kappa shape index (κ3) is 4.23. The van der Waals surface area contributed by atoms with Crippen LogP contribution in [-0.2, 0) is 23.9 Å². The van der Waals surface area contributed by atoms with E-state index in [1.54, 1.807) is 0 Å². The van der Waals surface area contributed by atoms with Crippen molar-refractivity contribution < 1.29 is 23.9 Å². The summed E-state index contributed by atoms with van der Waals surface area (Å²) in [6, 6.07) is 0. The Kier molecular flexibility index (Phi) is 5.87. The average molecular weight is 223 g/mol. The highest BCUT2D eigenvalue weighted by Gasteiger charge is 2.24. The number of hydrogen-bond acceptors (Lipinski definition) is 5. The van der Waals surface area contributed by atoms with Crippen LogP contribution in [0, 0.1) is 0 Å². The molecule has 1 atom stereocenters. The first-order valence-electron chi connectivity index (χ1n) is 3.84. The molecule has 0 unspecified atom stereocenters. The summed E-state index contributed by atoms with van der Waals surface area (Å²) in [5.74, 6) is -1.89. The first-order chi connectivity index (χ1) is 6.52. The summed E-state index contributed by atoms with van der Waals surface area (Å²) in [7, 11) is 2.34. The summed E-state index contributed by atoms with van der Waals surface area (Å²) in [6.07, 6.45) is -0.217. The molecule has 0 saturated carbocycles. The van der Waals surface area contributed by atoms with Crippen molar-refractivity contribution in [3.8, 4) is 0 Å². The van der Waals surface area contributed by atoms with Gasteiger partial charge in [0.2, 0.25) is 0 Å². The van der Waals surface area contributed by atoms with Crippen LogP contribution < -0.4 is 0 Å². The average Bonchev–Trinajstić information content (AvgIpc) is 2.22. The lowest BCUT2D eigenvalue weighted by Gasteiger charge is -2.05. The predicted octanol–water partition coefficient (Wildman–Crippen LogP) is 0.289. The number of alkyl halides is 1. The van der Waals surface area contributed by atoms with Crippen LogP contribution in [0.1, 0.15) is 12.8 Å². The summed E-state index contributed by atoms with van der Waals surface area (Å²) >= 11 is 5.43. The highest BCUT2D eigenvalue weighted by Crippen LogP contribution is 2.05. The molecule has 0 fully saturated rings. The van der Waals surface area contributed by atoms with Crippen molar-refractivity contribution in [2.45, 2.75) is 18.2 Å². The van der Waals surface area contributed by atoms with E-state index < -0.39 is 23.1 Å². The van der Waals surface area contributed by atoms with Gasteiger partial charge >= 0.3 is 11.9 Å². The maximum Gasteiger partial charge on any atom is 0.331 e. The molecular formula is C8H11ClO5. The lowest BCUT2D eigenvalue weighted by atomic mass is 10.1. The highest BCUT2D eigenvalue weighted by atomic mass is 35.5. The minimum absolute atomic E-state index is 0.0878. The topological polar surface area (TPSA) is 69.7 Å². The minimum Gasteiger partial charge on any atom is -0.469 e. The van der Waals surface area contributed by atoms with Crippen molar-refractivity contribution in [1.29, 1.82) is 0 Å². The molecule has 0 amide bonds. The van der Waals surface area contributed by atoms with E-state index in [0.717, 1.165) is 7.11 Å². The van der Waals surface area contributed by atoms with Crippen molar-refractivity contribution in [2.24, 2.45) is 0 Å². The number of ether oxygens (including phenoxy) is 2. The largest absolute Gasteiger partial charge is 0.469 e. The molecule has 14 heavy (non-hydrogen) atoms. The molecule has 0 heterocycles. The van der Waals surface area contributed by atoms with Crippen LogP contribution in [0.5, 0.6) is 0 Å². The minimum atomic E-state index is -1.34. The van der Waals surface area contributed by atoms with Gasteiger partial charge in [-0.3, -0.25) is 9.59 Å². The van der Waals surface area contributed by atoms with Gasteiger partial charge in [0.25, 0.3) is 0 Å². The first kappa shape index (κ1) is 12.9. The van der Waals surface area contributed by atoms with Crippen LogP contribution in [0.2, 0.25) is 0 Å². The second kappa shape index (κ2) is 6.37. The van der Waals surface area contributed by atoms with Crippen LogP contribution in [0.25, 0.3) is 0 Å². The fraction of sp³-hybridized carbons (Fsp3) is 0.625. The Morgan fingerprint density at radius 3 is 2.14 bits per heavy atom. The van der Waals surface area contributed by atoms with E-state index in [0.29, 0.717) is 0 Å². The van der Waals surface area contributed by atoms with Crippen LogP contribution in [0.15, 0.2) is 0 Å². The number of esters is 2. The van der Waals surface area contributed by atoms with Crippen molar-refractivity contribution >= 4 is 29.3 Å². The molecule has 0 aromatic heterocycles. The fourth-order valence-corrected chi connectivity index (χ4v) is 0.887. The van der Waals surface area contributed by atoms with Gasteiger partial charge < -0.3 is 9.47 Å². The van der Waals surface area contributed by atoms with Gasteiger partial charge in [0.1, 0.15) is 0 Å². The molecule has 80 valence electrons. The normalized spacial score (nSPS) is 11.6. The summed E-state index contributed by atoms with van der Waals surface area (Å²) in [4.78, 5) is 32.5. The van der Waals surface area contributed by atoms with Crippen LogP contribution in [-0.4, -0.2) is 37.3 Å². The van der Waals surface area contributed by atoms with Crippen molar-refractivity contribution in [3.05, 3.63) is 0 Å². The first-order valence-corrected chi connectivity index (χ1v) is 4.28. The fourth-order valence-electron chi connectivity index (χ4n) is 0.689. The van der Waals surface area contributed by atoms with Gasteiger partial charge in [-0.1, -0.05) is 0 Å². The molecule has 0 N–H and O–H groups in total. The Morgan fingerprint density at radius 2 is 1.71 bits per heavy atom. The van der Waals surface area contributed by atoms with Crippen molar-refractivity contribution in [1.82, 2.24) is 0 Å². The maximum absolute atomic E-state index is 11.1. The van der Waals surface area contributed by atoms with Gasteiger partial charge in [0, 0.05) is 6.42 Å². The van der Waals surface area contributed by atoms with E-state index in [-0.39, 0.29) is 12.8 Å². The zero-order valence-electron chi connectivity index (χ0n) is 7.91. The third-order valence-electron chi connectivity index (χ3n) is 1.49. The molecule has 0 rings (SSSR count). The van der Waals surface area contributed by atoms with Crippen LogP contribution in [0.3, 0.4) is 0 Å². The van der Waals surface area contributed by atoms with Gasteiger partial charge in [-0.25, -0.2) is 4.79 Å². The second-order valence-corrected chi connectivity index (χ2v) is 2.86. The number of hydrogen-bond donors (Lipinski definition) is 0. The maximum atomic E-state index is 11.1. The summed E-state index contributed by atoms with van der Waals surface area (Å²) in [5.41, 5.74) is 0. The van der Waals surface area contributed by atoms with E-state index in [1.165, 1.54) is 7.11 Å². The number of halogens is 1. The number of methoxy groups -OCH3 is 2. The highest BCUT2D eigenvalue weighted by molar-refractivity contribution is 6.41. The number of rotatable bonds is 5. The zero-order chi connectivity index (χ0) is 11.1. The number of ketones is 1. The molecule has 0 aliphatic carbocycles. The predicted molar refractivity (Wildman–Crippen MR) is 47.9 cm³/mol. The zero-order valence-corrected chi connectivity index (χ0v) is 8.67. The van der Waals surface area contributed by atoms with Crippen molar-refractivity contribution in [3.63, 3.8) is 0 Å². The lowest BCUT2D eigenvalue weighted by molar-refractivity contribution is -0.145. The van der Waals surface area contributed by atoms with Gasteiger partial charge in [-0.2, -0.15) is 0 Å². The monoisotopic (exact) mass is 222 g/mol. The molecular weight excluding hydrogens is 212 g/mol. The molecule has 0 saturated heterocycles. The Balaban J connectivity index is 3.96. The van der Waals surface area contributed by atoms with Gasteiger partial charge in [0.15, 0.2) is 11.2 Å². The molecule has 0 aromatic carbocycles. The second-order valence-electron chi connectivity index (χ2n) is 2.43. The standard InChI is InChI=1S/C8H11ClO5/c1-13-6(11)4-3-5(10)7(9)8(12)14-2/h7H,3-4H2,1-2H3/t7-/m0/s1. The van der Waals surface area contributed by atoms with E-state index in [4.69, 9.17) is 11.6 Å². The van der Waals surface area contributed by atoms with Crippen LogP contribution >= 0.6 is 11.6 Å². The van der Waals surface area contributed by atoms with Gasteiger partial charge in [-0.15, -0.1) is 11.6 Å². The molecule has 0 aromatic rings. The molecule has 0 bridgehead atoms. The summed E-state index contributed by atoms with van der Waals surface area (Å²) in [5, 5.41) is -1.34. The Hall–Kier alpha value is -1.10. The summed E-state index contributed by atoms with van der Waals surface area (Å²) in [6.45, 7) is 0. The molecule has 0 radical (unpaired) electrons. The Labute approximate surface area is 86.3 Å². The van der Waals surface area contributed by atoms with Crippen LogP contribution in [0.4, 0.5) is 0 Å². The molecule has 0 spiro atoms. The molecule has 0 aliphatic heterocycles. The van der Waals surface area contributed by atoms with E-state index in [1.807, 2.05) is 0 Å². The van der Waals surface area contributed by atoms with Gasteiger partial charge in [0.05, 0.1) is 20.6 Å². The Morgan fingerprint density at radius 1 is 1.14 bits per heavy atom. The number of carbonyl (C=O) groups excluding carboxylic acids is 3. The number of Topliss-reactive ketones (excluding diaryl/α,β-unsaturated/α-hetero) is 1. The lowest BCUT2D eigenvalue weighted by Crippen LogP contribution is -2.26. The number of carbonyl (C=O) groups is 3. The molecule has 0 aliphatic rings. The van der Waals surface area contributed by atoms with E-state index in [9.17, 15) is 14.4 Å². The molecule has 6 heteroatoms. The van der Waals surface area contributed by atoms with Gasteiger partial charge in [-0.05, 0) is 0 Å². The quantitative estimate of drug-likeness (QED) is 0.380.